The molecule has 0 aliphatic carbocycles. The van der Waals surface area contributed by atoms with Crippen molar-refractivity contribution in [2.45, 2.75) is 0 Å². The summed E-state index contributed by atoms with van der Waals surface area (Å²) in [6, 6.07) is 13.4. The number of hydrogen-bond donors (Lipinski definition) is 0. The van der Waals surface area contributed by atoms with Crippen LogP contribution in [0.25, 0.3) is 11.4 Å². The van der Waals surface area contributed by atoms with E-state index < -0.39 is 0 Å². The second-order valence-electron chi connectivity index (χ2n) is 2.28. The van der Waals surface area contributed by atoms with Gasteiger partial charge >= 0.3 is 0 Å². The molecule has 2 nitrogen and oxygen atoms in total. The zero-order valence-corrected chi connectivity index (χ0v) is 6.36. The summed E-state index contributed by atoms with van der Waals surface area (Å²) in [6.45, 7) is 0. The summed E-state index contributed by atoms with van der Waals surface area (Å²) in [5.41, 5.74) is 0.909. The van der Waals surface area contributed by atoms with Crippen molar-refractivity contribution in [3.8, 4) is 11.4 Å². The Labute approximate surface area is 70.9 Å². The van der Waals surface area contributed by atoms with Gasteiger partial charge in [-0.3, -0.25) is 0 Å². The highest BCUT2D eigenvalue weighted by Gasteiger charge is 1.96. The Morgan fingerprint density at radius 3 is 2.58 bits per heavy atom. The van der Waals surface area contributed by atoms with Gasteiger partial charge in [-0.15, -0.1) is 0 Å². The van der Waals surface area contributed by atoms with Gasteiger partial charge in [-0.2, -0.15) is 0 Å². The molecule has 0 aliphatic heterocycles. The van der Waals surface area contributed by atoms with Gasteiger partial charge in [0, 0.05) is 24.0 Å². The lowest BCUT2D eigenvalue weighted by Gasteiger charge is -1.95. The van der Waals surface area contributed by atoms with E-state index in [1.807, 2.05) is 24.3 Å². The first-order valence-corrected chi connectivity index (χ1v) is 3.62. The molecule has 0 saturated heterocycles. The van der Waals surface area contributed by atoms with E-state index >= 15 is 0 Å². The topological polar surface area (TPSA) is 25.8 Å². The van der Waals surface area contributed by atoms with Crippen LogP contribution in [0.4, 0.5) is 0 Å². The van der Waals surface area contributed by atoms with Crippen molar-refractivity contribution in [3.63, 3.8) is 0 Å². The third-order valence-corrected chi connectivity index (χ3v) is 1.47. The summed E-state index contributed by atoms with van der Waals surface area (Å²) in [4.78, 5) is 8.10. The summed E-state index contributed by atoms with van der Waals surface area (Å²) < 4.78 is 0. The van der Waals surface area contributed by atoms with E-state index in [4.69, 9.17) is 0 Å². The summed E-state index contributed by atoms with van der Waals surface area (Å²) in [7, 11) is 0. The number of nitrogens with zero attached hydrogens (tertiary/aromatic N) is 2. The van der Waals surface area contributed by atoms with Crippen molar-refractivity contribution < 1.29 is 0 Å². The Hall–Kier alpha value is -1.70. The minimum atomic E-state index is 0.689. The van der Waals surface area contributed by atoms with Gasteiger partial charge in [0.1, 0.15) is 0 Å². The molecule has 0 spiro atoms. The Morgan fingerprint density at radius 2 is 1.92 bits per heavy atom. The van der Waals surface area contributed by atoms with Gasteiger partial charge in [-0.1, -0.05) is 24.3 Å². The molecule has 2 rings (SSSR count). The Balaban J connectivity index is 2.46. The monoisotopic (exact) mass is 154 g/mol. The normalized spacial score (nSPS) is 9.67. The lowest BCUT2D eigenvalue weighted by molar-refractivity contribution is 1.17. The third kappa shape index (κ3) is 1.32. The van der Waals surface area contributed by atoms with Gasteiger partial charge < -0.3 is 0 Å². The van der Waals surface area contributed by atoms with E-state index in [9.17, 15) is 0 Å². The van der Waals surface area contributed by atoms with Crippen LogP contribution >= 0.6 is 0 Å². The van der Waals surface area contributed by atoms with Crippen molar-refractivity contribution in [2.24, 2.45) is 0 Å². The van der Waals surface area contributed by atoms with Crippen LogP contribution in [0.3, 0.4) is 0 Å². The first-order valence-electron chi connectivity index (χ1n) is 3.62. The van der Waals surface area contributed by atoms with E-state index in [1.54, 1.807) is 12.4 Å². The molecule has 0 fully saturated rings. The molecular weight excluding hydrogens is 148 g/mol. The molecule has 2 heteroatoms. The molecule has 0 aliphatic rings. The molecule has 1 heterocycles. The second kappa shape index (κ2) is 3.13. The zero-order chi connectivity index (χ0) is 8.23. The Kier molecular flexibility index (Phi) is 1.82. The lowest BCUT2D eigenvalue weighted by Crippen LogP contribution is -1.85. The van der Waals surface area contributed by atoms with Gasteiger partial charge in [0.05, 0.1) is 0 Å². The fraction of sp³-hybridized carbons (Fsp3) is 0. The highest BCUT2D eigenvalue weighted by Crippen LogP contribution is 2.10. The largest absolute Gasteiger partial charge is 0.236 e. The molecule has 0 atom stereocenters. The van der Waals surface area contributed by atoms with Crippen LogP contribution in [0.5, 0.6) is 0 Å². The summed E-state index contributed by atoms with van der Waals surface area (Å²) in [6.07, 6.45) is 3.20. The fourth-order valence-corrected chi connectivity index (χ4v) is 0.935. The van der Waals surface area contributed by atoms with E-state index in [0.717, 1.165) is 5.56 Å². The second-order valence-corrected chi connectivity index (χ2v) is 2.28. The quantitative estimate of drug-likeness (QED) is 0.625. The van der Waals surface area contributed by atoms with Gasteiger partial charge in [0.25, 0.3) is 0 Å². The minimum absolute atomic E-state index is 0.689. The van der Waals surface area contributed by atoms with E-state index in [1.165, 1.54) is 0 Å². The first kappa shape index (κ1) is 6.98. The summed E-state index contributed by atoms with van der Waals surface area (Å²) in [5.74, 6) is 0.689. The molecule has 2 radical (unpaired) electrons. The number of hydrogen-bond acceptors (Lipinski definition) is 2. The smallest absolute Gasteiger partial charge is 0.159 e. The summed E-state index contributed by atoms with van der Waals surface area (Å²) in [5, 5.41) is 0. The van der Waals surface area contributed by atoms with Crippen molar-refractivity contribution in [1.82, 2.24) is 9.97 Å². The first-order chi connectivity index (χ1) is 5.97. The molecule has 1 aromatic carbocycles. The molecule has 0 amide bonds. The summed E-state index contributed by atoms with van der Waals surface area (Å²) >= 11 is 0. The van der Waals surface area contributed by atoms with Crippen molar-refractivity contribution in [1.29, 1.82) is 0 Å². The van der Waals surface area contributed by atoms with E-state index in [-0.39, 0.29) is 0 Å². The van der Waals surface area contributed by atoms with Gasteiger partial charge in [-0.25, -0.2) is 9.97 Å². The number of benzene rings is 1. The fourth-order valence-electron chi connectivity index (χ4n) is 0.935. The SMILES string of the molecule is [c]1cnc(-c2[c]cccc2)nc1. The highest BCUT2D eigenvalue weighted by molar-refractivity contribution is 5.52. The molecule has 0 N–H and O–H groups in total. The average molecular weight is 154 g/mol. The highest BCUT2D eigenvalue weighted by atomic mass is 14.8. The molecule has 0 bridgehead atoms. The minimum Gasteiger partial charge on any atom is -0.236 e. The third-order valence-electron chi connectivity index (χ3n) is 1.47. The van der Waals surface area contributed by atoms with Crippen LogP contribution < -0.4 is 0 Å². The van der Waals surface area contributed by atoms with Crippen LogP contribution in [0, 0.1) is 12.1 Å². The van der Waals surface area contributed by atoms with Gasteiger partial charge in [-0.05, 0) is 6.07 Å². The molecule has 12 heavy (non-hydrogen) atoms. The van der Waals surface area contributed by atoms with Crippen molar-refractivity contribution in [2.75, 3.05) is 0 Å². The molecular formula is C10H6N2. The number of aromatic nitrogens is 2. The van der Waals surface area contributed by atoms with Crippen LogP contribution in [-0.4, -0.2) is 9.97 Å². The van der Waals surface area contributed by atoms with Crippen LogP contribution in [0.2, 0.25) is 0 Å². The van der Waals surface area contributed by atoms with Gasteiger partial charge in [0.2, 0.25) is 0 Å². The van der Waals surface area contributed by atoms with E-state index in [2.05, 4.69) is 22.1 Å². The number of rotatable bonds is 1. The maximum atomic E-state index is 4.05. The van der Waals surface area contributed by atoms with Gasteiger partial charge in [0.15, 0.2) is 5.82 Å². The Morgan fingerprint density at radius 1 is 1.08 bits per heavy atom. The van der Waals surface area contributed by atoms with Crippen LogP contribution in [-0.2, 0) is 0 Å². The van der Waals surface area contributed by atoms with Crippen molar-refractivity contribution in [3.05, 3.63) is 48.8 Å². The van der Waals surface area contributed by atoms with Crippen molar-refractivity contribution >= 4 is 0 Å². The van der Waals surface area contributed by atoms with E-state index in [0.29, 0.717) is 5.82 Å². The van der Waals surface area contributed by atoms with Crippen LogP contribution in [0.15, 0.2) is 36.7 Å². The predicted molar refractivity (Wildman–Crippen MR) is 45.1 cm³/mol. The standard InChI is InChI=1S/C10H6N2/c1-2-5-9(6-3-1)10-11-7-4-8-12-10/h1-3,5,7-8H. The predicted octanol–water partition coefficient (Wildman–Crippen LogP) is 1.74. The molecule has 1 aromatic heterocycles. The maximum Gasteiger partial charge on any atom is 0.159 e. The molecule has 0 saturated carbocycles. The molecule has 2 aromatic rings. The average Bonchev–Trinajstić information content (AvgIpc) is 2.21. The lowest BCUT2D eigenvalue weighted by atomic mass is 10.2. The Bertz CT molecular complexity index is 305. The molecule has 0 unspecified atom stereocenters. The maximum absolute atomic E-state index is 4.05. The van der Waals surface area contributed by atoms with Crippen LogP contribution in [0.1, 0.15) is 0 Å². The molecule has 56 valence electrons. The zero-order valence-electron chi connectivity index (χ0n) is 6.36.